The Morgan fingerprint density at radius 1 is 1.42 bits per heavy atom. The summed E-state index contributed by atoms with van der Waals surface area (Å²) in [5.74, 6) is -1.46. The van der Waals surface area contributed by atoms with E-state index in [0.29, 0.717) is 12.8 Å². The van der Waals surface area contributed by atoms with E-state index in [1.54, 1.807) is 0 Å². The van der Waals surface area contributed by atoms with Crippen molar-refractivity contribution in [3.8, 4) is 0 Å². The molecule has 19 heavy (non-hydrogen) atoms. The standard InChI is InChI=1S/C13H16F3NOS/c14-13(15,16)9-3-1-4-10(7-9)17-12(18)8-11-5-2-6-19-11/h2,5-6,9-10H,1,3-4,7-8H2,(H,17,18)/t9-,10-/m0/s1. The minimum Gasteiger partial charge on any atom is -0.353 e. The molecule has 1 aliphatic rings. The quantitative estimate of drug-likeness (QED) is 0.907. The van der Waals surface area contributed by atoms with Crippen LogP contribution in [0, 0.1) is 5.92 Å². The summed E-state index contributed by atoms with van der Waals surface area (Å²) in [7, 11) is 0. The Balaban J connectivity index is 1.83. The third kappa shape index (κ3) is 4.23. The van der Waals surface area contributed by atoms with Crippen LogP contribution in [-0.2, 0) is 11.2 Å². The molecule has 106 valence electrons. The van der Waals surface area contributed by atoms with Gasteiger partial charge in [0.05, 0.1) is 12.3 Å². The number of hydrogen-bond donors (Lipinski definition) is 1. The minimum absolute atomic E-state index is 0.0136. The van der Waals surface area contributed by atoms with Crippen LogP contribution in [0.15, 0.2) is 17.5 Å². The Hall–Kier alpha value is -1.04. The second kappa shape index (κ2) is 5.94. The predicted molar refractivity (Wildman–Crippen MR) is 68.0 cm³/mol. The highest BCUT2D eigenvalue weighted by Crippen LogP contribution is 2.37. The highest BCUT2D eigenvalue weighted by molar-refractivity contribution is 7.10. The summed E-state index contributed by atoms with van der Waals surface area (Å²) in [5, 5.41) is 4.60. The number of rotatable bonds is 3. The summed E-state index contributed by atoms with van der Waals surface area (Å²) in [6.45, 7) is 0. The highest BCUT2D eigenvalue weighted by atomic mass is 32.1. The molecule has 1 heterocycles. The molecule has 0 aromatic carbocycles. The zero-order chi connectivity index (χ0) is 13.9. The fourth-order valence-corrected chi connectivity index (χ4v) is 3.17. The lowest BCUT2D eigenvalue weighted by atomic mass is 9.85. The van der Waals surface area contributed by atoms with Gasteiger partial charge < -0.3 is 5.32 Å². The SMILES string of the molecule is O=C(Cc1cccs1)N[C@H]1CCC[C@H](C(F)(F)F)C1. The van der Waals surface area contributed by atoms with E-state index < -0.39 is 12.1 Å². The van der Waals surface area contributed by atoms with Gasteiger partial charge in [-0.05, 0) is 30.7 Å². The number of carbonyl (C=O) groups excluding carboxylic acids is 1. The van der Waals surface area contributed by atoms with E-state index in [9.17, 15) is 18.0 Å². The van der Waals surface area contributed by atoms with Crippen molar-refractivity contribution in [1.29, 1.82) is 0 Å². The molecule has 1 fully saturated rings. The molecule has 2 atom stereocenters. The number of thiophene rings is 1. The van der Waals surface area contributed by atoms with Crippen LogP contribution < -0.4 is 5.32 Å². The lowest BCUT2D eigenvalue weighted by molar-refractivity contribution is -0.184. The molecule has 1 N–H and O–H groups in total. The van der Waals surface area contributed by atoms with Crippen LogP contribution in [0.3, 0.4) is 0 Å². The van der Waals surface area contributed by atoms with E-state index in [2.05, 4.69) is 5.32 Å². The molecule has 1 saturated carbocycles. The smallest absolute Gasteiger partial charge is 0.353 e. The largest absolute Gasteiger partial charge is 0.391 e. The molecule has 6 heteroatoms. The summed E-state index contributed by atoms with van der Waals surface area (Å²) in [4.78, 5) is 12.7. The predicted octanol–water partition coefficient (Wildman–Crippen LogP) is 3.53. The van der Waals surface area contributed by atoms with Crippen molar-refractivity contribution in [2.45, 2.75) is 44.3 Å². The second-order valence-corrected chi connectivity index (χ2v) is 5.96. The van der Waals surface area contributed by atoms with Gasteiger partial charge in [0, 0.05) is 10.9 Å². The summed E-state index contributed by atoms with van der Waals surface area (Å²) < 4.78 is 37.9. The summed E-state index contributed by atoms with van der Waals surface area (Å²) in [6.07, 6.45) is -2.53. The monoisotopic (exact) mass is 291 g/mol. The van der Waals surface area contributed by atoms with E-state index in [-0.39, 0.29) is 31.2 Å². The molecule has 0 radical (unpaired) electrons. The lowest BCUT2D eigenvalue weighted by Crippen LogP contribution is -2.42. The molecular weight excluding hydrogens is 275 g/mol. The molecular formula is C13H16F3NOS. The van der Waals surface area contributed by atoms with Crippen LogP contribution in [0.25, 0.3) is 0 Å². The van der Waals surface area contributed by atoms with Gasteiger partial charge in [0.15, 0.2) is 0 Å². The number of alkyl halides is 3. The molecule has 0 unspecified atom stereocenters. The molecule has 1 aromatic rings. The molecule has 2 nitrogen and oxygen atoms in total. The van der Waals surface area contributed by atoms with Gasteiger partial charge in [-0.2, -0.15) is 13.2 Å². The Kier molecular flexibility index (Phi) is 4.50. The van der Waals surface area contributed by atoms with Gasteiger partial charge in [-0.3, -0.25) is 4.79 Å². The Labute approximate surface area is 114 Å². The zero-order valence-corrected chi connectivity index (χ0v) is 11.2. The second-order valence-electron chi connectivity index (χ2n) is 4.93. The van der Waals surface area contributed by atoms with Crippen LogP contribution in [0.4, 0.5) is 13.2 Å². The maximum atomic E-state index is 12.6. The van der Waals surface area contributed by atoms with Crippen LogP contribution in [0.5, 0.6) is 0 Å². The average molecular weight is 291 g/mol. The molecule has 1 amide bonds. The molecule has 0 spiro atoms. The van der Waals surface area contributed by atoms with Crippen molar-refractivity contribution in [2.75, 3.05) is 0 Å². The Bertz CT molecular complexity index is 416. The van der Waals surface area contributed by atoms with Gasteiger partial charge in [-0.1, -0.05) is 12.5 Å². The molecule has 1 aliphatic carbocycles. The van der Waals surface area contributed by atoms with Gasteiger partial charge in [0.1, 0.15) is 0 Å². The first-order valence-electron chi connectivity index (χ1n) is 6.33. The summed E-state index contributed by atoms with van der Waals surface area (Å²) in [5.41, 5.74) is 0. The van der Waals surface area contributed by atoms with E-state index in [0.717, 1.165) is 4.88 Å². The molecule has 0 saturated heterocycles. The van der Waals surface area contributed by atoms with Gasteiger partial charge in [-0.15, -0.1) is 11.3 Å². The van der Waals surface area contributed by atoms with Gasteiger partial charge in [0.25, 0.3) is 0 Å². The van der Waals surface area contributed by atoms with E-state index in [4.69, 9.17) is 0 Å². The number of hydrogen-bond acceptors (Lipinski definition) is 2. The fourth-order valence-electron chi connectivity index (χ4n) is 2.47. The van der Waals surface area contributed by atoms with Crippen molar-refractivity contribution in [3.63, 3.8) is 0 Å². The Morgan fingerprint density at radius 2 is 2.21 bits per heavy atom. The molecule has 1 aromatic heterocycles. The number of halogens is 3. The van der Waals surface area contributed by atoms with Crippen molar-refractivity contribution in [1.82, 2.24) is 5.32 Å². The first-order chi connectivity index (χ1) is 8.95. The first kappa shape index (κ1) is 14.4. The molecule has 2 rings (SSSR count). The van der Waals surface area contributed by atoms with Gasteiger partial charge in [0.2, 0.25) is 5.91 Å². The van der Waals surface area contributed by atoms with Crippen LogP contribution in [0.2, 0.25) is 0 Å². The van der Waals surface area contributed by atoms with Crippen molar-refractivity contribution in [3.05, 3.63) is 22.4 Å². The van der Waals surface area contributed by atoms with E-state index >= 15 is 0 Å². The minimum atomic E-state index is -4.14. The number of amides is 1. The van der Waals surface area contributed by atoms with E-state index in [1.807, 2.05) is 17.5 Å². The third-order valence-electron chi connectivity index (χ3n) is 3.42. The molecule has 0 aliphatic heterocycles. The van der Waals surface area contributed by atoms with Crippen LogP contribution in [-0.4, -0.2) is 18.1 Å². The number of nitrogens with one attached hydrogen (secondary N) is 1. The Morgan fingerprint density at radius 3 is 2.84 bits per heavy atom. The molecule has 0 bridgehead atoms. The lowest BCUT2D eigenvalue weighted by Gasteiger charge is -2.31. The van der Waals surface area contributed by atoms with Crippen molar-refractivity contribution >= 4 is 17.2 Å². The maximum absolute atomic E-state index is 12.6. The summed E-state index contributed by atoms with van der Waals surface area (Å²) >= 11 is 1.48. The van der Waals surface area contributed by atoms with E-state index in [1.165, 1.54) is 11.3 Å². The zero-order valence-electron chi connectivity index (χ0n) is 10.4. The maximum Gasteiger partial charge on any atom is 0.391 e. The topological polar surface area (TPSA) is 29.1 Å². The normalized spacial score (nSPS) is 24.2. The average Bonchev–Trinajstić information content (AvgIpc) is 2.80. The van der Waals surface area contributed by atoms with Crippen LogP contribution >= 0.6 is 11.3 Å². The highest BCUT2D eigenvalue weighted by Gasteiger charge is 2.42. The van der Waals surface area contributed by atoms with Gasteiger partial charge in [-0.25, -0.2) is 0 Å². The number of carbonyl (C=O) groups is 1. The van der Waals surface area contributed by atoms with Crippen LogP contribution in [0.1, 0.15) is 30.6 Å². The summed E-state index contributed by atoms with van der Waals surface area (Å²) in [6, 6.07) is 3.37. The van der Waals surface area contributed by atoms with Gasteiger partial charge >= 0.3 is 6.18 Å². The van der Waals surface area contributed by atoms with Crippen molar-refractivity contribution in [2.24, 2.45) is 5.92 Å². The first-order valence-corrected chi connectivity index (χ1v) is 7.21. The fraction of sp³-hybridized carbons (Fsp3) is 0.615. The third-order valence-corrected chi connectivity index (χ3v) is 4.29. The van der Waals surface area contributed by atoms with Crippen molar-refractivity contribution < 1.29 is 18.0 Å².